The van der Waals surface area contributed by atoms with Crippen LogP contribution in [0.25, 0.3) is 0 Å². The minimum Gasteiger partial charge on any atom is -0.405 e. The minimum absolute atomic E-state index is 0.0538. The van der Waals surface area contributed by atoms with E-state index in [9.17, 15) is 13.2 Å². The molecule has 0 spiro atoms. The minimum atomic E-state index is -4.72. The highest BCUT2D eigenvalue weighted by Crippen LogP contribution is 2.28. The predicted molar refractivity (Wildman–Crippen MR) is 49.1 cm³/mol. The molecule has 1 atom stereocenters. The third-order valence-corrected chi connectivity index (χ3v) is 1.80. The van der Waals surface area contributed by atoms with Gasteiger partial charge >= 0.3 is 6.36 Å². The second kappa shape index (κ2) is 4.50. The second-order valence-electron chi connectivity index (χ2n) is 2.93. The molecule has 3 nitrogen and oxygen atoms in total. The molecule has 0 aromatic heterocycles. The Morgan fingerprint density at radius 1 is 1.27 bits per heavy atom. The van der Waals surface area contributed by atoms with Gasteiger partial charge in [0.15, 0.2) is 0 Å². The van der Waals surface area contributed by atoms with Crippen molar-refractivity contribution in [2.24, 2.45) is 11.5 Å². The van der Waals surface area contributed by atoms with Crippen LogP contribution in [0.4, 0.5) is 13.2 Å². The molecule has 0 saturated carbocycles. The van der Waals surface area contributed by atoms with Gasteiger partial charge in [-0.2, -0.15) is 0 Å². The van der Waals surface area contributed by atoms with Gasteiger partial charge < -0.3 is 16.2 Å². The first-order chi connectivity index (χ1) is 6.94. The van der Waals surface area contributed by atoms with E-state index in [1.54, 1.807) is 6.07 Å². The maximum Gasteiger partial charge on any atom is 0.573 e. The summed E-state index contributed by atoms with van der Waals surface area (Å²) < 4.78 is 39.8. The molecule has 1 unspecified atom stereocenters. The van der Waals surface area contributed by atoms with Gasteiger partial charge in [-0.25, -0.2) is 0 Å². The molecule has 1 rings (SSSR count). The van der Waals surface area contributed by atoms with Gasteiger partial charge in [-0.3, -0.25) is 0 Å². The zero-order valence-electron chi connectivity index (χ0n) is 7.79. The number of nitrogens with two attached hydrogens (primary N) is 2. The Morgan fingerprint density at radius 2 is 1.87 bits per heavy atom. The van der Waals surface area contributed by atoms with Gasteiger partial charge in [0.25, 0.3) is 0 Å². The molecule has 0 radical (unpaired) electrons. The predicted octanol–water partition coefficient (Wildman–Crippen LogP) is 1.54. The van der Waals surface area contributed by atoms with Crippen LogP contribution < -0.4 is 16.2 Å². The maximum atomic E-state index is 12.0. The van der Waals surface area contributed by atoms with Crippen molar-refractivity contribution in [3.05, 3.63) is 29.8 Å². The first kappa shape index (κ1) is 11.8. The number of hydrogen-bond acceptors (Lipinski definition) is 3. The summed E-state index contributed by atoms with van der Waals surface area (Å²) >= 11 is 0. The van der Waals surface area contributed by atoms with Crippen molar-refractivity contribution in [1.29, 1.82) is 0 Å². The van der Waals surface area contributed by atoms with Crippen LogP contribution in [0.3, 0.4) is 0 Å². The van der Waals surface area contributed by atoms with Crippen molar-refractivity contribution in [2.45, 2.75) is 12.4 Å². The summed E-state index contributed by atoms with van der Waals surface area (Å²) in [7, 11) is 0. The van der Waals surface area contributed by atoms with Crippen molar-refractivity contribution >= 4 is 0 Å². The third-order valence-electron chi connectivity index (χ3n) is 1.80. The van der Waals surface area contributed by atoms with Crippen LogP contribution >= 0.6 is 0 Å². The highest BCUT2D eigenvalue weighted by Gasteiger charge is 2.32. The Labute approximate surface area is 84.8 Å². The Bertz CT molecular complexity index is 327. The molecule has 0 amide bonds. The Kier molecular flexibility index (Phi) is 3.54. The van der Waals surface area contributed by atoms with E-state index in [0.717, 1.165) is 0 Å². The van der Waals surface area contributed by atoms with Gasteiger partial charge in [0.05, 0.1) is 0 Å². The van der Waals surface area contributed by atoms with Crippen LogP contribution in [0.15, 0.2) is 24.3 Å². The number of benzene rings is 1. The van der Waals surface area contributed by atoms with Crippen LogP contribution in [0.2, 0.25) is 0 Å². The van der Waals surface area contributed by atoms with E-state index in [1.807, 2.05) is 0 Å². The molecule has 1 aromatic rings. The largest absolute Gasteiger partial charge is 0.573 e. The smallest absolute Gasteiger partial charge is 0.405 e. The quantitative estimate of drug-likeness (QED) is 0.812. The van der Waals surface area contributed by atoms with Crippen LogP contribution in [-0.2, 0) is 0 Å². The topological polar surface area (TPSA) is 61.3 Å². The van der Waals surface area contributed by atoms with Gasteiger partial charge in [0.2, 0.25) is 0 Å². The molecule has 0 aliphatic rings. The van der Waals surface area contributed by atoms with Gasteiger partial charge in [-0.15, -0.1) is 13.2 Å². The standard InChI is InChI=1S/C9H11F3N2O/c10-9(11,12)15-8-4-2-1-3-6(8)7(14)5-13/h1-4,7H,5,13-14H2. The lowest BCUT2D eigenvalue weighted by Crippen LogP contribution is -2.24. The zero-order chi connectivity index (χ0) is 11.5. The molecule has 15 heavy (non-hydrogen) atoms. The molecule has 6 heteroatoms. The van der Waals surface area contributed by atoms with E-state index in [4.69, 9.17) is 11.5 Å². The zero-order valence-corrected chi connectivity index (χ0v) is 7.79. The SMILES string of the molecule is NCC(N)c1ccccc1OC(F)(F)F. The number of para-hydroxylation sites is 1. The molecule has 0 aliphatic carbocycles. The van der Waals surface area contributed by atoms with Gasteiger partial charge in [-0.1, -0.05) is 18.2 Å². The summed E-state index contributed by atoms with van der Waals surface area (Å²) in [5, 5.41) is 0. The fraction of sp³-hybridized carbons (Fsp3) is 0.333. The molecule has 4 N–H and O–H groups in total. The molecule has 0 aliphatic heterocycles. The molecule has 84 valence electrons. The Morgan fingerprint density at radius 3 is 2.40 bits per heavy atom. The summed E-state index contributed by atoms with van der Waals surface area (Å²) in [5.74, 6) is -0.303. The van der Waals surface area contributed by atoms with Crippen molar-refractivity contribution in [3.63, 3.8) is 0 Å². The third kappa shape index (κ3) is 3.41. The van der Waals surface area contributed by atoms with E-state index in [-0.39, 0.29) is 17.9 Å². The van der Waals surface area contributed by atoms with Crippen molar-refractivity contribution in [2.75, 3.05) is 6.54 Å². The maximum absolute atomic E-state index is 12.0. The van der Waals surface area contributed by atoms with Crippen LogP contribution in [0.5, 0.6) is 5.75 Å². The molecule has 0 fully saturated rings. The highest BCUT2D eigenvalue weighted by atomic mass is 19.4. The van der Waals surface area contributed by atoms with Crippen molar-refractivity contribution < 1.29 is 17.9 Å². The van der Waals surface area contributed by atoms with E-state index in [1.165, 1.54) is 18.2 Å². The van der Waals surface area contributed by atoms with Crippen LogP contribution in [-0.4, -0.2) is 12.9 Å². The summed E-state index contributed by atoms with van der Waals surface area (Å²) in [6.45, 7) is 0.0538. The van der Waals surface area contributed by atoms with Crippen LogP contribution in [0, 0.1) is 0 Å². The molecular weight excluding hydrogens is 209 g/mol. The van der Waals surface area contributed by atoms with Gasteiger partial charge in [0.1, 0.15) is 5.75 Å². The average Bonchev–Trinajstić information content (AvgIpc) is 2.15. The number of halogens is 3. The number of ether oxygens (including phenoxy) is 1. The van der Waals surface area contributed by atoms with E-state index in [0.29, 0.717) is 0 Å². The van der Waals surface area contributed by atoms with Gasteiger partial charge in [0, 0.05) is 18.2 Å². The fourth-order valence-corrected chi connectivity index (χ4v) is 1.13. The molecule has 0 bridgehead atoms. The number of hydrogen-bond donors (Lipinski definition) is 2. The lowest BCUT2D eigenvalue weighted by molar-refractivity contribution is -0.274. The van der Waals surface area contributed by atoms with Crippen molar-refractivity contribution in [3.8, 4) is 5.75 Å². The molecule has 0 saturated heterocycles. The first-order valence-electron chi connectivity index (χ1n) is 4.24. The van der Waals surface area contributed by atoms with Crippen molar-refractivity contribution in [1.82, 2.24) is 0 Å². The summed E-state index contributed by atoms with van der Waals surface area (Å²) in [4.78, 5) is 0. The number of rotatable bonds is 3. The first-order valence-corrected chi connectivity index (χ1v) is 4.24. The highest BCUT2D eigenvalue weighted by molar-refractivity contribution is 5.36. The summed E-state index contributed by atoms with van der Waals surface area (Å²) in [5.41, 5.74) is 11.1. The summed E-state index contributed by atoms with van der Waals surface area (Å²) in [6, 6.07) is 5.02. The lowest BCUT2D eigenvalue weighted by Gasteiger charge is -2.16. The monoisotopic (exact) mass is 220 g/mol. The normalized spacial score (nSPS) is 13.7. The average molecular weight is 220 g/mol. The number of alkyl halides is 3. The Balaban J connectivity index is 2.96. The van der Waals surface area contributed by atoms with Crippen LogP contribution in [0.1, 0.15) is 11.6 Å². The fourth-order valence-electron chi connectivity index (χ4n) is 1.13. The van der Waals surface area contributed by atoms with E-state index in [2.05, 4.69) is 4.74 Å². The van der Waals surface area contributed by atoms with Gasteiger partial charge in [-0.05, 0) is 6.07 Å². The summed E-state index contributed by atoms with van der Waals surface area (Å²) in [6.07, 6.45) is -4.72. The molecule has 0 heterocycles. The molecule has 1 aromatic carbocycles. The van der Waals surface area contributed by atoms with E-state index >= 15 is 0 Å². The second-order valence-corrected chi connectivity index (χ2v) is 2.93. The van der Waals surface area contributed by atoms with E-state index < -0.39 is 12.4 Å². The Hall–Kier alpha value is -1.27. The molecular formula is C9H11F3N2O. The lowest BCUT2D eigenvalue weighted by atomic mass is 10.1.